The van der Waals surface area contributed by atoms with Gasteiger partial charge in [0, 0.05) is 17.7 Å². The summed E-state index contributed by atoms with van der Waals surface area (Å²) in [6.45, 7) is -0.132. The summed E-state index contributed by atoms with van der Waals surface area (Å²) in [6, 6.07) is 15.4. The van der Waals surface area contributed by atoms with Crippen molar-refractivity contribution in [3.05, 3.63) is 71.5 Å². The summed E-state index contributed by atoms with van der Waals surface area (Å²) < 4.78 is 19.1. The van der Waals surface area contributed by atoms with Crippen LogP contribution >= 0.6 is 11.8 Å². The second kappa shape index (κ2) is 6.76. The summed E-state index contributed by atoms with van der Waals surface area (Å²) >= 11 is 1.61. The van der Waals surface area contributed by atoms with Gasteiger partial charge in [0.05, 0.1) is 0 Å². The Bertz CT molecular complexity index is 844. The molecule has 2 aliphatic rings. The van der Waals surface area contributed by atoms with Crippen LogP contribution in [0.4, 0.5) is 4.39 Å². The first kappa shape index (κ1) is 17.1. The van der Waals surface area contributed by atoms with E-state index in [0.717, 1.165) is 5.56 Å². The molecule has 1 amide bonds. The second-order valence-corrected chi connectivity index (χ2v) is 7.74. The van der Waals surface area contributed by atoms with Gasteiger partial charge in [0.1, 0.15) is 23.3 Å². The van der Waals surface area contributed by atoms with Gasteiger partial charge < -0.3 is 9.64 Å². The molecule has 0 unspecified atom stereocenters. The molecular weight excluding hydrogens is 353 g/mol. The third-order valence-corrected chi connectivity index (χ3v) is 6.55. The molecule has 134 valence electrons. The van der Waals surface area contributed by atoms with Crippen LogP contribution in [0.15, 0.2) is 54.6 Å². The molecule has 26 heavy (non-hydrogen) atoms. The van der Waals surface area contributed by atoms with E-state index >= 15 is 0 Å². The smallest absolute Gasteiger partial charge is 0.330 e. The molecular formula is C20H18FNO3S. The van der Waals surface area contributed by atoms with E-state index in [1.165, 1.54) is 6.07 Å². The predicted molar refractivity (Wildman–Crippen MR) is 96.6 cm³/mol. The van der Waals surface area contributed by atoms with Gasteiger partial charge >= 0.3 is 5.97 Å². The van der Waals surface area contributed by atoms with Gasteiger partial charge in [0.25, 0.3) is 0 Å². The van der Waals surface area contributed by atoms with Crippen molar-refractivity contribution >= 4 is 23.6 Å². The summed E-state index contributed by atoms with van der Waals surface area (Å²) in [5.74, 6) is -0.436. The van der Waals surface area contributed by atoms with E-state index in [1.807, 2.05) is 30.3 Å². The van der Waals surface area contributed by atoms with Crippen molar-refractivity contribution in [3.63, 3.8) is 0 Å². The zero-order valence-corrected chi connectivity index (χ0v) is 14.9. The van der Waals surface area contributed by atoms with Crippen molar-refractivity contribution in [1.29, 1.82) is 0 Å². The Hall–Kier alpha value is -2.34. The maximum atomic E-state index is 13.7. The SMILES string of the molecule is O=C(OCc1ccccc1F)[C@@H]1CS[C@@]2(c3ccccc3)CCC(=O)N12. The Labute approximate surface area is 155 Å². The number of hydrogen-bond donors (Lipinski definition) is 0. The maximum Gasteiger partial charge on any atom is 0.330 e. The van der Waals surface area contributed by atoms with Crippen LogP contribution in [-0.2, 0) is 25.8 Å². The van der Waals surface area contributed by atoms with Crippen molar-refractivity contribution in [2.24, 2.45) is 0 Å². The minimum absolute atomic E-state index is 0.0355. The van der Waals surface area contributed by atoms with Crippen LogP contribution in [0, 0.1) is 5.82 Å². The standard InChI is InChI=1S/C20H18FNO3S/c21-16-9-5-4-6-14(16)12-25-19(24)17-13-26-20(11-10-18(23)22(17)20)15-7-2-1-3-8-15/h1-9,17H,10-13H2/t17-,20+/m0/s1. The molecule has 2 fully saturated rings. The fraction of sp³-hybridized carbons (Fsp3) is 0.300. The molecule has 0 saturated carbocycles. The highest BCUT2D eigenvalue weighted by Crippen LogP contribution is 2.54. The molecule has 0 spiro atoms. The minimum atomic E-state index is -0.637. The summed E-state index contributed by atoms with van der Waals surface area (Å²) in [5.41, 5.74) is 1.36. The summed E-state index contributed by atoms with van der Waals surface area (Å²) in [5, 5.41) is 0. The van der Waals surface area contributed by atoms with Crippen molar-refractivity contribution in [1.82, 2.24) is 4.90 Å². The van der Waals surface area contributed by atoms with Crippen LogP contribution in [0.1, 0.15) is 24.0 Å². The van der Waals surface area contributed by atoms with E-state index in [4.69, 9.17) is 4.74 Å². The normalized spacial score (nSPS) is 24.6. The van der Waals surface area contributed by atoms with Crippen LogP contribution in [0.25, 0.3) is 0 Å². The second-order valence-electron chi connectivity index (χ2n) is 6.44. The Morgan fingerprint density at radius 2 is 1.92 bits per heavy atom. The summed E-state index contributed by atoms with van der Waals surface area (Å²) in [4.78, 5) is 26.3. The fourth-order valence-electron chi connectivity index (χ4n) is 3.68. The number of nitrogens with zero attached hydrogens (tertiary/aromatic N) is 1. The van der Waals surface area contributed by atoms with E-state index in [0.29, 0.717) is 24.2 Å². The quantitative estimate of drug-likeness (QED) is 0.773. The highest BCUT2D eigenvalue weighted by atomic mass is 32.2. The van der Waals surface area contributed by atoms with Crippen molar-refractivity contribution in [2.75, 3.05) is 5.75 Å². The van der Waals surface area contributed by atoms with E-state index in [9.17, 15) is 14.0 Å². The molecule has 0 bridgehead atoms. The number of carbonyl (C=O) groups excluding carboxylic acids is 2. The average Bonchev–Trinajstić information content (AvgIpc) is 3.21. The number of carbonyl (C=O) groups is 2. The number of fused-ring (bicyclic) bond motifs is 1. The molecule has 0 radical (unpaired) electrons. The lowest BCUT2D eigenvalue weighted by Gasteiger charge is -2.33. The Kier molecular flexibility index (Phi) is 4.44. The van der Waals surface area contributed by atoms with E-state index < -0.39 is 22.7 Å². The largest absolute Gasteiger partial charge is 0.459 e. The zero-order valence-electron chi connectivity index (χ0n) is 14.1. The molecule has 0 N–H and O–H groups in total. The topological polar surface area (TPSA) is 46.6 Å². The lowest BCUT2D eigenvalue weighted by Crippen LogP contribution is -2.46. The number of benzene rings is 2. The third-order valence-electron chi connectivity index (χ3n) is 4.95. The zero-order chi connectivity index (χ0) is 18.1. The van der Waals surface area contributed by atoms with Gasteiger partial charge in [0.2, 0.25) is 5.91 Å². The number of hydrogen-bond acceptors (Lipinski definition) is 4. The van der Waals surface area contributed by atoms with Gasteiger partial charge in [-0.2, -0.15) is 0 Å². The van der Waals surface area contributed by atoms with Gasteiger partial charge in [-0.1, -0.05) is 48.5 Å². The molecule has 2 aromatic rings. The highest BCUT2D eigenvalue weighted by Gasteiger charge is 2.57. The summed E-state index contributed by atoms with van der Waals surface area (Å²) in [6.07, 6.45) is 1.09. The highest BCUT2D eigenvalue weighted by molar-refractivity contribution is 8.00. The average molecular weight is 371 g/mol. The number of thioether (sulfide) groups is 1. The molecule has 0 aliphatic carbocycles. The first-order valence-electron chi connectivity index (χ1n) is 8.53. The number of halogens is 1. The lowest BCUT2D eigenvalue weighted by atomic mass is 10.0. The van der Waals surface area contributed by atoms with Crippen LogP contribution in [-0.4, -0.2) is 28.6 Å². The van der Waals surface area contributed by atoms with Crippen molar-refractivity contribution < 1.29 is 18.7 Å². The molecule has 2 heterocycles. The number of esters is 1. The molecule has 4 rings (SSSR count). The first-order valence-corrected chi connectivity index (χ1v) is 9.52. The van der Waals surface area contributed by atoms with E-state index in [2.05, 4.69) is 0 Å². The third kappa shape index (κ3) is 2.78. The molecule has 2 aliphatic heterocycles. The van der Waals surface area contributed by atoms with E-state index in [1.54, 1.807) is 34.9 Å². The van der Waals surface area contributed by atoms with Crippen LogP contribution < -0.4 is 0 Å². The minimum Gasteiger partial charge on any atom is -0.459 e. The molecule has 2 atom stereocenters. The lowest BCUT2D eigenvalue weighted by molar-refractivity contribution is -0.155. The van der Waals surface area contributed by atoms with Gasteiger partial charge in [-0.25, -0.2) is 9.18 Å². The molecule has 6 heteroatoms. The first-order chi connectivity index (χ1) is 12.6. The van der Waals surface area contributed by atoms with E-state index in [-0.39, 0.29) is 12.5 Å². The van der Waals surface area contributed by atoms with Crippen LogP contribution in [0.3, 0.4) is 0 Å². The molecule has 0 aromatic heterocycles. The predicted octanol–water partition coefficient (Wildman–Crippen LogP) is 3.46. The van der Waals surface area contributed by atoms with Crippen LogP contribution in [0.2, 0.25) is 0 Å². The van der Waals surface area contributed by atoms with Crippen molar-refractivity contribution in [2.45, 2.75) is 30.4 Å². The molecule has 4 nitrogen and oxygen atoms in total. The van der Waals surface area contributed by atoms with Gasteiger partial charge in [-0.15, -0.1) is 11.8 Å². The monoisotopic (exact) mass is 371 g/mol. The van der Waals surface area contributed by atoms with Crippen molar-refractivity contribution in [3.8, 4) is 0 Å². The Morgan fingerprint density at radius 3 is 2.69 bits per heavy atom. The summed E-state index contributed by atoms with van der Waals surface area (Å²) in [7, 11) is 0. The van der Waals surface area contributed by atoms with Crippen LogP contribution in [0.5, 0.6) is 0 Å². The van der Waals surface area contributed by atoms with Gasteiger partial charge in [-0.05, 0) is 18.1 Å². The Morgan fingerprint density at radius 1 is 1.19 bits per heavy atom. The number of rotatable bonds is 4. The van der Waals surface area contributed by atoms with Gasteiger partial charge in [-0.3, -0.25) is 4.79 Å². The number of amides is 1. The number of ether oxygens (including phenoxy) is 1. The fourth-order valence-corrected chi connectivity index (χ4v) is 5.31. The molecule has 2 aromatic carbocycles. The molecule has 2 saturated heterocycles. The Balaban J connectivity index is 1.54. The maximum absolute atomic E-state index is 13.7. The van der Waals surface area contributed by atoms with Gasteiger partial charge in [0.15, 0.2) is 0 Å².